The zero-order valence-electron chi connectivity index (χ0n) is 11.5. The van der Waals surface area contributed by atoms with E-state index in [1.807, 2.05) is 11.9 Å². The lowest BCUT2D eigenvalue weighted by atomic mass is 10.2. The van der Waals surface area contributed by atoms with Gasteiger partial charge in [0.05, 0.1) is 25.9 Å². The molecule has 108 valence electrons. The lowest BCUT2D eigenvalue weighted by Gasteiger charge is -2.20. The first-order valence-electron chi connectivity index (χ1n) is 6.29. The van der Waals surface area contributed by atoms with E-state index in [0.29, 0.717) is 26.3 Å². The van der Waals surface area contributed by atoms with Crippen molar-refractivity contribution in [1.82, 2.24) is 4.90 Å². The predicted octanol–water partition coefficient (Wildman–Crippen LogP) is 1.28. The third-order valence-electron chi connectivity index (χ3n) is 2.63. The van der Waals surface area contributed by atoms with Crippen molar-refractivity contribution in [3.05, 3.63) is 35.6 Å². The lowest BCUT2D eigenvalue weighted by Crippen LogP contribution is -2.32. The van der Waals surface area contributed by atoms with E-state index in [1.54, 1.807) is 19.2 Å². The van der Waals surface area contributed by atoms with Gasteiger partial charge in [-0.2, -0.15) is 0 Å². The minimum Gasteiger partial charge on any atom is -0.389 e. The molecule has 0 saturated heterocycles. The van der Waals surface area contributed by atoms with E-state index in [0.717, 1.165) is 5.56 Å². The molecule has 1 N–H and O–H groups in total. The number of ether oxygens (including phenoxy) is 2. The van der Waals surface area contributed by atoms with Crippen molar-refractivity contribution in [2.45, 2.75) is 12.6 Å². The van der Waals surface area contributed by atoms with Crippen LogP contribution in [0, 0.1) is 5.82 Å². The Hall–Kier alpha value is -1.01. The first kappa shape index (κ1) is 16.0. The van der Waals surface area contributed by atoms with E-state index in [2.05, 4.69) is 0 Å². The molecular formula is C14H22FNO3. The standard InChI is InChI=1S/C14H22FNO3/c1-16(9-12-3-5-13(15)6-4-12)10-14(17)11-19-8-7-18-2/h3-6,14,17H,7-11H2,1-2H3. The molecular weight excluding hydrogens is 249 g/mol. The van der Waals surface area contributed by atoms with Gasteiger partial charge in [0.15, 0.2) is 0 Å². The van der Waals surface area contributed by atoms with Gasteiger partial charge in [0.25, 0.3) is 0 Å². The van der Waals surface area contributed by atoms with Crippen LogP contribution < -0.4 is 0 Å². The van der Waals surface area contributed by atoms with Crippen LogP contribution in [0.1, 0.15) is 5.56 Å². The van der Waals surface area contributed by atoms with Gasteiger partial charge < -0.3 is 14.6 Å². The Balaban J connectivity index is 2.22. The number of methoxy groups -OCH3 is 1. The second-order valence-corrected chi connectivity index (χ2v) is 4.54. The molecule has 0 aliphatic rings. The fourth-order valence-electron chi connectivity index (χ4n) is 1.74. The van der Waals surface area contributed by atoms with Gasteiger partial charge >= 0.3 is 0 Å². The van der Waals surface area contributed by atoms with Gasteiger partial charge in [-0.3, -0.25) is 4.90 Å². The Kier molecular flexibility index (Phi) is 7.59. The lowest BCUT2D eigenvalue weighted by molar-refractivity contribution is 0.00161. The summed E-state index contributed by atoms with van der Waals surface area (Å²) in [6.45, 7) is 2.46. The fourth-order valence-corrected chi connectivity index (χ4v) is 1.74. The third kappa shape index (κ3) is 7.22. The Labute approximate surface area is 113 Å². The van der Waals surface area contributed by atoms with E-state index in [1.165, 1.54) is 12.1 Å². The summed E-state index contributed by atoms with van der Waals surface area (Å²) in [6, 6.07) is 6.36. The quantitative estimate of drug-likeness (QED) is 0.687. The summed E-state index contributed by atoms with van der Waals surface area (Å²) >= 11 is 0. The van der Waals surface area contributed by atoms with Crippen molar-refractivity contribution in [2.75, 3.05) is 40.5 Å². The number of hydrogen-bond donors (Lipinski definition) is 1. The normalized spacial score (nSPS) is 12.9. The summed E-state index contributed by atoms with van der Waals surface area (Å²) in [5.41, 5.74) is 1.01. The van der Waals surface area contributed by atoms with Crippen LogP contribution in [0.2, 0.25) is 0 Å². The fraction of sp³-hybridized carbons (Fsp3) is 0.571. The highest BCUT2D eigenvalue weighted by Gasteiger charge is 2.09. The number of halogens is 1. The average molecular weight is 271 g/mol. The van der Waals surface area contributed by atoms with Crippen LogP contribution in [-0.2, 0) is 16.0 Å². The van der Waals surface area contributed by atoms with Crippen molar-refractivity contribution >= 4 is 0 Å². The van der Waals surface area contributed by atoms with E-state index in [9.17, 15) is 9.50 Å². The number of nitrogens with zero attached hydrogens (tertiary/aromatic N) is 1. The molecule has 1 atom stereocenters. The number of likely N-dealkylation sites (N-methyl/N-ethyl adjacent to an activating group) is 1. The predicted molar refractivity (Wildman–Crippen MR) is 71.4 cm³/mol. The average Bonchev–Trinajstić information content (AvgIpc) is 2.37. The van der Waals surface area contributed by atoms with E-state index in [4.69, 9.17) is 9.47 Å². The molecule has 0 aliphatic carbocycles. The van der Waals surface area contributed by atoms with E-state index in [-0.39, 0.29) is 12.4 Å². The van der Waals surface area contributed by atoms with Crippen LogP contribution >= 0.6 is 0 Å². The molecule has 5 heteroatoms. The molecule has 0 spiro atoms. The molecule has 0 heterocycles. The molecule has 0 fully saturated rings. The molecule has 1 aromatic rings. The first-order chi connectivity index (χ1) is 9.11. The van der Waals surface area contributed by atoms with Gasteiger partial charge in [0.2, 0.25) is 0 Å². The summed E-state index contributed by atoms with van der Waals surface area (Å²) in [5.74, 6) is -0.238. The third-order valence-corrected chi connectivity index (χ3v) is 2.63. The first-order valence-corrected chi connectivity index (χ1v) is 6.29. The molecule has 0 radical (unpaired) electrons. The Morgan fingerprint density at radius 3 is 2.58 bits per heavy atom. The summed E-state index contributed by atoms with van der Waals surface area (Å²) < 4.78 is 22.9. The molecule has 4 nitrogen and oxygen atoms in total. The summed E-state index contributed by atoms with van der Waals surface area (Å²) in [4.78, 5) is 1.97. The van der Waals surface area contributed by atoms with Crippen LogP contribution in [0.5, 0.6) is 0 Å². The highest BCUT2D eigenvalue weighted by atomic mass is 19.1. The number of hydrogen-bond acceptors (Lipinski definition) is 4. The maximum absolute atomic E-state index is 12.8. The van der Waals surface area contributed by atoms with Gasteiger partial charge in [0, 0.05) is 20.2 Å². The largest absolute Gasteiger partial charge is 0.389 e. The Bertz CT molecular complexity index is 345. The van der Waals surface area contributed by atoms with Crippen molar-refractivity contribution in [2.24, 2.45) is 0 Å². The zero-order chi connectivity index (χ0) is 14.1. The SMILES string of the molecule is COCCOCC(O)CN(C)Cc1ccc(F)cc1. The zero-order valence-corrected chi connectivity index (χ0v) is 11.5. The Morgan fingerprint density at radius 1 is 1.26 bits per heavy atom. The molecule has 0 saturated carbocycles. The van der Waals surface area contributed by atoms with Crippen LogP contribution in [0.25, 0.3) is 0 Å². The van der Waals surface area contributed by atoms with Crippen molar-refractivity contribution in [3.8, 4) is 0 Å². The van der Waals surface area contributed by atoms with E-state index < -0.39 is 6.10 Å². The molecule has 1 aromatic carbocycles. The van der Waals surface area contributed by atoms with Crippen molar-refractivity contribution in [1.29, 1.82) is 0 Å². The monoisotopic (exact) mass is 271 g/mol. The van der Waals surface area contributed by atoms with Gasteiger partial charge in [-0.05, 0) is 24.7 Å². The molecule has 0 amide bonds. The minimum absolute atomic E-state index is 0.238. The number of benzene rings is 1. The highest BCUT2D eigenvalue weighted by Crippen LogP contribution is 2.06. The topological polar surface area (TPSA) is 41.9 Å². The van der Waals surface area contributed by atoms with Crippen LogP contribution in [0.4, 0.5) is 4.39 Å². The molecule has 0 aliphatic heterocycles. The molecule has 19 heavy (non-hydrogen) atoms. The maximum atomic E-state index is 12.8. The second kappa shape index (κ2) is 8.98. The van der Waals surface area contributed by atoms with Gasteiger partial charge in [-0.25, -0.2) is 4.39 Å². The summed E-state index contributed by atoms with van der Waals surface area (Å²) in [7, 11) is 3.51. The molecule has 1 unspecified atom stereocenters. The smallest absolute Gasteiger partial charge is 0.123 e. The molecule has 0 aromatic heterocycles. The van der Waals surface area contributed by atoms with Gasteiger partial charge in [-0.1, -0.05) is 12.1 Å². The van der Waals surface area contributed by atoms with Crippen LogP contribution in [0.3, 0.4) is 0 Å². The minimum atomic E-state index is -0.540. The summed E-state index contributed by atoms with van der Waals surface area (Å²) in [6.07, 6.45) is -0.540. The number of rotatable bonds is 9. The van der Waals surface area contributed by atoms with Crippen LogP contribution in [0.15, 0.2) is 24.3 Å². The van der Waals surface area contributed by atoms with Crippen molar-refractivity contribution in [3.63, 3.8) is 0 Å². The number of aliphatic hydroxyl groups is 1. The van der Waals surface area contributed by atoms with Gasteiger partial charge in [0.1, 0.15) is 5.82 Å². The van der Waals surface area contributed by atoms with Crippen molar-refractivity contribution < 1.29 is 19.0 Å². The molecule has 0 bridgehead atoms. The Morgan fingerprint density at radius 2 is 1.95 bits per heavy atom. The summed E-state index contributed by atoms with van der Waals surface area (Å²) in [5, 5.41) is 9.77. The maximum Gasteiger partial charge on any atom is 0.123 e. The number of aliphatic hydroxyl groups excluding tert-OH is 1. The van der Waals surface area contributed by atoms with E-state index >= 15 is 0 Å². The second-order valence-electron chi connectivity index (χ2n) is 4.54. The highest BCUT2D eigenvalue weighted by molar-refractivity contribution is 5.15. The van der Waals surface area contributed by atoms with Crippen LogP contribution in [-0.4, -0.2) is 56.6 Å². The molecule has 1 rings (SSSR count). The van der Waals surface area contributed by atoms with Gasteiger partial charge in [-0.15, -0.1) is 0 Å².